The Bertz CT molecular complexity index is 2070. The van der Waals surface area contributed by atoms with E-state index in [-0.39, 0.29) is 29.5 Å². The average molecular weight is 635 g/mol. The summed E-state index contributed by atoms with van der Waals surface area (Å²) >= 11 is 6.33. The maximum absolute atomic E-state index is 15.4. The van der Waals surface area contributed by atoms with Crippen molar-refractivity contribution in [2.75, 3.05) is 5.32 Å². The highest BCUT2D eigenvalue weighted by molar-refractivity contribution is 6.31. The molecule has 0 amide bonds. The molecule has 0 spiro atoms. The fourth-order valence-corrected chi connectivity index (χ4v) is 7.01. The van der Waals surface area contributed by atoms with Crippen molar-refractivity contribution in [3.05, 3.63) is 106 Å². The number of nitrogens with one attached hydrogen (secondary N) is 2. The number of hydrogen-bond donors (Lipinski definition) is 2. The summed E-state index contributed by atoms with van der Waals surface area (Å²) in [6, 6.07) is 13.2. The van der Waals surface area contributed by atoms with Crippen LogP contribution in [0, 0.1) is 17.8 Å². The molecule has 2 aromatic carbocycles. The van der Waals surface area contributed by atoms with Crippen molar-refractivity contribution in [3.63, 3.8) is 0 Å². The van der Waals surface area contributed by atoms with Crippen molar-refractivity contribution in [3.8, 4) is 28.1 Å². The number of anilines is 1. The van der Waals surface area contributed by atoms with Crippen LogP contribution in [0.25, 0.3) is 28.1 Å². The van der Waals surface area contributed by atoms with E-state index in [9.17, 15) is 18.0 Å². The van der Waals surface area contributed by atoms with Crippen LogP contribution in [0.4, 0.5) is 23.2 Å². The van der Waals surface area contributed by atoms with Gasteiger partial charge in [-0.1, -0.05) is 24.2 Å². The molecule has 5 heterocycles. The first-order valence-corrected chi connectivity index (χ1v) is 14.6. The van der Waals surface area contributed by atoms with E-state index in [4.69, 9.17) is 11.6 Å². The average Bonchev–Trinajstić information content (AvgIpc) is 3.28. The third-order valence-corrected chi connectivity index (χ3v) is 9.17. The van der Waals surface area contributed by atoms with Crippen LogP contribution < -0.4 is 10.9 Å². The number of halogens is 5. The smallest absolute Gasteiger partial charge is 0.359 e. The standard InChI is InChI=1S/C31H23ClF4N8O/c1-14-18(12-31(34,35)36)7-17-6-15(2-4-23(17)38-14)27-29(33)40-30(39-27)28-22-11-21(22)25-8-16(9-26(45)44(25)28)20-10-19(32)3-5-24(20)43-13-37-41-42-43/h2-6,8-10,13,18,21-22,28,38H,1,7,11-12H2,(H,39,40). The minimum atomic E-state index is -4.34. The number of hydrogen-bond acceptors (Lipinski definition) is 6. The Morgan fingerprint density at radius 3 is 2.71 bits per heavy atom. The van der Waals surface area contributed by atoms with Gasteiger partial charge in [-0.15, -0.1) is 5.10 Å². The second-order valence-corrected chi connectivity index (χ2v) is 12.2. The summed E-state index contributed by atoms with van der Waals surface area (Å²) in [6.07, 6.45) is -2.95. The number of aromatic nitrogens is 7. The zero-order valence-corrected chi connectivity index (χ0v) is 24.1. The fourth-order valence-electron chi connectivity index (χ4n) is 6.84. The second kappa shape index (κ2) is 9.86. The number of fused-ring (bicyclic) bond motifs is 4. The van der Waals surface area contributed by atoms with Gasteiger partial charge in [0.1, 0.15) is 17.8 Å². The van der Waals surface area contributed by atoms with Crippen LogP contribution >= 0.6 is 11.6 Å². The van der Waals surface area contributed by atoms with Crippen molar-refractivity contribution in [1.82, 2.24) is 34.7 Å². The molecule has 9 nitrogen and oxygen atoms in total. The number of allylic oxidation sites excluding steroid dienone is 1. The van der Waals surface area contributed by atoms with Crippen LogP contribution in [-0.2, 0) is 6.42 Å². The molecule has 14 heteroatoms. The number of nitrogens with zero attached hydrogens (tertiary/aromatic N) is 6. The molecule has 3 aromatic heterocycles. The van der Waals surface area contributed by atoms with Crippen molar-refractivity contribution >= 4 is 17.3 Å². The molecule has 2 N–H and O–H groups in total. The quantitative estimate of drug-likeness (QED) is 0.216. The van der Waals surface area contributed by atoms with E-state index >= 15 is 4.39 Å². The molecule has 4 atom stereocenters. The maximum atomic E-state index is 15.4. The summed E-state index contributed by atoms with van der Waals surface area (Å²) in [5, 5.41) is 14.9. The number of alkyl halides is 3. The van der Waals surface area contributed by atoms with Gasteiger partial charge < -0.3 is 14.9 Å². The van der Waals surface area contributed by atoms with Gasteiger partial charge in [0.05, 0.1) is 18.2 Å². The summed E-state index contributed by atoms with van der Waals surface area (Å²) in [5.74, 6) is -1.03. The van der Waals surface area contributed by atoms with Gasteiger partial charge >= 0.3 is 6.18 Å². The largest absolute Gasteiger partial charge is 0.389 e. The SMILES string of the molecule is C=C1Nc2ccc(-c3nc(C4C5CC5c5cc(-c6cc(Cl)ccc6-n6cnnn6)cc(=O)n54)[nH]c3F)cc2CC1CC(F)(F)F. The fraction of sp³-hybridized carbons (Fsp3) is 0.258. The van der Waals surface area contributed by atoms with Crippen molar-refractivity contribution in [2.24, 2.45) is 11.8 Å². The molecule has 4 unspecified atom stereocenters. The molecule has 0 saturated heterocycles. The van der Waals surface area contributed by atoms with E-state index in [1.807, 2.05) is 6.07 Å². The molecule has 0 radical (unpaired) electrons. The summed E-state index contributed by atoms with van der Waals surface area (Å²) < 4.78 is 58.0. The molecule has 0 bridgehead atoms. The van der Waals surface area contributed by atoms with Gasteiger partial charge in [0.15, 0.2) is 0 Å². The molecule has 1 aliphatic carbocycles. The van der Waals surface area contributed by atoms with Gasteiger partial charge in [-0.05, 0) is 76.7 Å². The van der Waals surface area contributed by atoms with Gasteiger partial charge in [0, 0.05) is 51.1 Å². The number of aromatic amines is 1. The van der Waals surface area contributed by atoms with E-state index in [1.165, 1.54) is 17.1 Å². The summed E-state index contributed by atoms with van der Waals surface area (Å²) in [5.41, 5.74) is 4.59. The predicted molar refractivity (Wildman–Crippen MR) is 157 cm³/mol. The summed E-state index contributed by atoms with van der Waals surface area (Å²) in [6.45, 7) is 3.77. The predicted octanol–water partition coefficient (Wildman–Crippen LogP) is 6.43. The minimum absolute atomic E-state index is 0.0462. The van der Waals surface area contributed by atoms with Crippen molar-refractivity contribution < 1.29 is 17.6 Å². The number of benzene rings is 2. The Morgan fingerprint density at radius 1 is 1.09 bits per heavy atom. The van der Waals surface area contributed by atoms with E-state index in [2.05, 4.69) is 37.4 Å². The summed E-state index contributed by atoms with van der Waals surface area (Å²) in [7, 11) is 0. The third kappa shape index (κ3) is 4.73. The van der Waals surface area contributed by atoms with Gasteiger partial charge in [-0.2, -0.15) is 22.2 Å². The first-order valence-electron chi connectivity index (χ1n) is 14.2. The Morgan fingerprint density at radius 2 is 1.93 bits per heavy atom. The Hall–Kier alpha value is -4.78. The topological polar surface area (TPSA) is 106 Å². The molecule has 3 aliphatic rings. The third-order valence-electron chi connectivity index (χ3n) is 8.94. The number of tetrazole rings is 1. The highest BCUT2D eigenvalue weighted by atomic mass is 35.5. The molecule has 2 aliphatic heterocycles. The van der Waals surface area contributed by atoms with Crippen LogP contribution in [-0.4, -0.2) is 40.9 Å². The summed E-state index contributed by atoms with van der Waals surface area (Å²) in [4.78, 5) is 21.0. The minimum Gasteiger partial charge on any atom is -0.359 e. The molecule has 1 saturated carbocycles. The Labute approximate surface area is 257 Å². The highest BCUT2D eigenvalue weighted by Gasteiger charge is 2.54. The lowest BCUT2D eigenvalue weighted by atomic mass is 9.88. The van der Waals surface area contributed by atoms with Gasteiger partial charge in [-0.25, -0.2) is 4.98 Å². The van der Waals surface area contributed by atoms with E-state index in [0.29, 0.717) is 50.2 Å². The number of rotatable bonds is 5. The second-order valence-electron chi connectivity index (χ2n) is 11.8. The zero-order chi connectivity index (χ0) is 31.2. The van der Waals surface area contributed by atoms with Crippen molar-refractivity contribution in [1.29, 1.82) is 0 Å². The Kier molecular flexibility index (Phi) is 6.08. The van der Waals surface area contributed by atoms with Crippen LogP contribution in [0.1, 0.15) is 41.9 Å². The monoisotopic (exact) mass is 634 g/mol. The molecule has 5 aromatic rings. The number of imidazole rings is 1. The lowest BCUT2D eigenvalue weighted by Crippen LogP contribution is -2.26. The number of H-pyrrole nitrogens is 1. The van der Waals surface area contributed by atoms with Gasteiger partial charge in [0.25, 0.3) is 5.56 Å². The molecule has 45 heavy (non-hydrogen) atoms. The van der Waals surface area contributed by atoms with Crippen LogP contribution in [0.5, 0.6) is 0 Å². The maximum Gasteiger partial charge on any atom is 0.389 e. The van der Waals surface area contributed by atoms with Crippen LogP contribution in [0.15, 0.2) is 71.9 Å². The lowest BCUT2D eigenvalue weighted by Gasteiger charge is -2.29. The molecule has 228 valence electrons. The zero-order valence-electron chi connectivity index (χ0n) is 23.3. The van der Waals surface area contributed by atoms with Crippen LogP contribution in [0.2, 0.25) is 5.02 Å². The molecule has 1 fully saturated rings. The number of pyridine rings is 1. The van der Waals surface area contributed by atoms with Crippen molar-refractivity contribution in [2.45, 2.75) is 37.4 Å². The first-order chi connectivity index (χ1) is 21.5. The highest BCUT2D eigenvalue weighted by Crippen LogP contribution is 2.60. The normalized spacial score (nSPS) is 21.7. The lowest BCUT2D eigenvalue weighted by molar-refractivity contribution is -0.141. The van der Waals surface area contributed by atoms with E-state index in [0.717, 1.165) is 12.1 Å². The van der Waals surface area contributed by atoms with E-state index < -0.39 is 30.5 Å². The van der Waals surface area contributed by atoms with E-state index in [1.54, 1.807) is 41.0 Å². The Balaban J connectivity index is 1.14. The molecular weight excluding hydrogens is 612 g/mol. The van der Waals surface area contributed by atoms with Gasteiger partial charge in [0.2, 0.25) is 5.95 Å². The van der Waals surface area contributed by atoms with Crippen LogP contribution in [0.3, 0.4) is 0 Å². The molecular formula is C31H23ClF4N8O. The first kappa shape index (κ1) is 27.7. The van der Waals surface area contributed by atoms with Gasteiger partial charge in [-0.3, -0.25) is 4.79 Å². The molecule has 8 rings (SSSR count).